The maximum Gasteiger partial charge on any atom is 0.124 e. The van der Waals surface area contributed by atoms with Crippen molar-refractivity contribution in [2.45, 2.75) is 20.8 Å². The zero-order valence-corrected chi connectivity index (χ0v) is 18.2. The number of benzene rings is 2. The Kier molecular flexibility index (Phi) is 5.78. The van der Waals surface area contributed by atoms with Crippen molar-refractivity contribution in [2.75, 3.05) is 20.4 Å². The van der Waals surface area contributed by atoms with E-state index in [0.29, 0.717) is 5.02 Å². The van der Waals surface area contributed by atoms with Gasteiger partial charge in [0.2, 0.25) is 0 Å². The van der Waals surface area contributed by atoms with E-state index in [0.717, 1.165) is 39.0 Å². The molecule has 140 valence electrons. The van der Waals surface area contributed by atoms with Crippen LogP contribution in [0.3, 0.4) is 0 Å². The van der Waals surface area contributed by atoms with Gasteiger partial charge >= 0.3 is 0 Å². The van der Waals surface area contributed by atoms with E-state index in [4.69, 9.17) is 21.6 Å². The molecular formula is C22H24ClN3S. The fraction of sp³-hybridized carbons (Fsp3) is 0.273. The SMILES string of the molecule is CSC1=Nc2cc(C)c(C)cc2C(c2ccccc2Cl)=N/C1=C(/C)N(C)C. The summed E-state index contributed by atoms with van der Waals surface area (Å²) in [5.41, 5.74) is 8.11. The highest BCUT2D eigenvalue weighted by atomic mass is 35.5. The molecule has 2 aromatic carbocycles. The quantitative estimate of drug-likeness (QED) is 0.622. The van der Waals surface area contributed by atoms with Gasteiger partial charge in [0.25, 0.3) is 0 Å². The molecule has 3 nitrogen and oxygen atoms in total. The molecule has 0 radical (unpaired) electrons. The van der Waals surface area contributed by atoms with Gasteiger partial charge in [0.1, 0.15) is 10.7 Å². The lowest BCUT2D eigenvalue weighted by molar-refractivity contribution is 0.509. The van der Waals surface area contributed by atoms with Crippen LogP contribution in [0, 0.1) is 13.8 Å². The summed E-state index contributed by atoms with van der Waals surface area (Å²) in [5.74, 6) is 0. The number of allylic oxidation sites excluding steroid dienone is 1. The van der Waals surface area contributed by atoms with Crippen LogP contribution in [0.2, 0.25) is 5.02 Å². The first-order valence-electron chi connectivity index (χ1n) is 8.80. The lowest BCUT2D eigenvalue weighted by Gasteiger charge is -2.17. The summed E-state index contributed by atoms with van der Waals surface area (Å²) in [6.07, 6.45) is 2.04. The summed E-state index contributed by atoms with van der Waals surface area (Å²) < 4.78 is 0. The van der Waals surface area contributed by atoms with Crippen LogP contribution in [0.25, 0.3) is 0 Å². The highest BCUT2D eigenvalue weighted by molar-refractivity contribution is 8.13. The van der Waals surface area contributed by atoms with Gasteiger partial charge in [-0.05, 0) is 56.4 Å². The molecule has 0 aromatic heterocycles. The Labute approximate surface area is 170 Å². The number of aliphatic imine (C=N–C) groups is 2. The van der Waals surface area contributed by atoms with Crippen LogP contribution in [0.5, 0.6) is 0 Å². The monoisotopic (exact) mass is 397 g/mol. The van der Waals surface area contributed by atoms with Crippen molar-refractivity contribution in [3.8, 4) is 0 Å². The van der Waals surface area contributed by atoms with E-state index in [1.165, 1.54) is 11.1 Å². The molecule has 27 heavy (non-hydrogen) atoms. The Balaban J connectivity index is 2.42. The zero-order chi connectivity index (χ0) is 19.7. The third-order valence-electron chi connectivity index (χ3n) is 4.85. The molecule has 1 heterocycles. The van der Waals surface area contributed by atoms with E-state index >= 15 is 0 Å². The van der Waals surface area contributed by atoms with Gasteiger partial charge in [-0.3, -0.25) is 0 Å². The van der Waals surface area contributed by atoms with Gasteiger partial charge in [0.15, 0.2) is 0 Å². The predicted octanol–water partition coefficient (Wildman–Crippen LogP) is 5.99. The molecular weight excluding hydrogens is 374 g/mol. The van der Waals surface area contributed by atoms with Crippen molar-refractivity contribution in [2.24, 2.45) is 9.98 Å². The average Bonchev–Trinajstić information content (AvgIpc) is 2.79. The van der Waals surface area contributed by atoms with E-state index in [-0.39, 0.29) is 0 Å². The second-order valence-corrected chi connectivity index (χ2v) is 8.05. The highest BCUT2D eigenvalue weighted by Crippen LogP contribution is 2.35. The second-order valence-electron chi connectivity index (χ2n) is 6.84. The summed E-state index contributed by atoms with van der Waals surface area (Å²) in [5, 5.41) is 1.60. The molecule has 0 amide bonds. The third-order valence-corrected chi connectivity index (χ3v) is 5.85. The van der Waals surface area contributed by atoms with Crippen molar-refractivity contribution >= 4 is 39.8 Å². The van der Waals surface area contributed by atoms with Crippen molar-refractivity contribution in [3.63, 3.8) is 0 Å². The van der Waals surface area contributed by atoms with Gasteiger partial charge in [0.05, 0.1) is 11.4 Å². The zero-order valence-electron chi connectivity index (χ0n) is 16.6. The predicted molar refractivity (Wildman–Crippen MR) is 120 cm³/mol. The lowest BCUT2D eigenvalue weighted by atomic mass is 9.96. The molecule has 0 spiro atoms. The first kappa shape index (κ1) is 19.7. The molecule has 0 saturated carbocycles. The minimum atomic E-state index is 0.690. The minimum Gasteiger partial charge on any atom is -0.379 e. The normalized spacial score (nSPS) is 15.5. The summed E-state index contributed by atoms with van der Waals surface area (Å²) in [4.78, 5) is 12.2. The van der Waals surface area contributed by atoms with Crippen molar-refractivity contribution in [3.05, 3.63) is 75.1 Å². The number of aryl methyl sites for hydroxylation is 2. The Hall–Kier alpha value is -2.04. The van der Waals surface area contributed by atoms with Crippen molar-refractivity contribution in [1.82, 2.24) is 4.90 Å². The summed E-state index contributed by atoms with van der Waals surface area (Å²) in [6, 6.07) is 12.2. The lowest BCUT2D eigenvalue weighted by Crippen LogP contribution is -2.14. The first-order chi connectivity index (χ1) is 12.8. The smallest absolute Gasteiger partial charge is 0.124 e. The van der Waals surface area contributed by atoms with Crippen LogP contribution in [0.15, 0.2) is 57.8 Å². The van der Waals surface area contributed by atoms with Gasteiger partial charge in [-0.1, -0.05) is 29.8 Å². The van der Waals surface area contributed by atoms with E-state index < -0.39 is 0 Å². The molecule has 1 aliphatic rings. The molecule has 3 rings (SSSR count). The summed E-state index contributed by atoms with van der Waals surface area (Å²) >= 11 is 8.17. The number of halogens is 1. The average molecular weight is 398 g/mol. The highest BCUT2D eigenvalue weighted by Gasteiger charge is 2.23. The molecule has 0 aliphatic carbocycles. The fourth-order valence-electron chi connectivity index (χ4n) is 2.91. The van der Waals surface area contributed by atoms with E-state index in [1.54, 1.807) is 11.8 Å². The Morgan fingerprint density at radius 3 is 2.30 bits per heavy atom. The molecule has 0 unspecified atom stereocenters. The first-order valence-corrected chi connectivity index (χ1v) is 10.4. The van der Waals surface area contributed by atoms with Gasteiger partial charge in [-0.15, -0.1) is 11.8 Å². The number of rotatable bonds is 2. The number of fused-ring (bicyclic) bond motifs is 1. The van der Waals surface area contributed by atoms with Crippen molar-refractivity contribution < 1.29 is 0 Å². The van der Waals surface area contributed by atoms with E-state index in [9.17, 15) is 0 Å². The molecule has 1 aliphatic heterocycles. The molecule has 0 saturated heterocycles. The fourth-order valence-corrected chi connectivity index (χ4v) is 3.72. The van der Waals surface area contributed by atoms with Crippen LogP contribution in [0.1, 0.15) is 29.2 Å². The van der Waals surface area contributed by atoms with Crippen LogP contribution >= 0.6 is 23.4 Å². The maximum atomic E-state index is 6.56. The number of thioether (sulfide) groups is 1. The van der Waals surface area contributed by atoms with Gasteiger partial charge in [-0.2, -0.15) is 0 Å². The van der Waals surface area contributed by atoms with Crippen LogP contribution < -0.4 is 0 Å². The van der Waals surface area contributed by atoms with E-state index in [1.807, 2.05) is 44.6 Å². The summed E-state index contributed by atoms with van der Waals surface area (Å²) in [6.45, 7) is 6.30. The number of hydrogen-bond acceptors (Lipinski definition) is 4. The minimum absolute atomic E-state index is 0.690. The molecule has 2 aromatic rings. The topological polar surface area (TPSA) is 28.0 Å². The molecule has 0 fully saturated rings. The third kappa shape index (κ3) is 3.83. The van der Waals surface area contributed by atoms with Crippen LogP contribution in [-0.2, 0) is 0 Å². The largest absolute Gasteiger partial charge is 0.379 e. The molecule has 5 heteroatoms. The second kappa shape index (κ2) is 7.91. The Bertz CT molecular complexity index is 987. The molecule has 0 N–H and O–H groups in total. The maximum absolute atomic E-state index is 6.56. The van der Waals surface area contributed by atoms with Gasteiger partial charge < -0.3 is 4.90 Å². The standard InChI is InChI=1S/C22H24ClN3S/c1-13-11-17-19(12-14(13)2)24-22(27-6)20(15(3)26(4)5)25-21(17)16-9-7-8-10-18(16)23/h7-12H,1-6H3/b20-15-. The van der Waals surface area contributed by atoms with Crippen LogP contribution in [0.4, 0.5) is 5.69 Å². The summed E-state index contributed by atoms with van der Waals surface area (Å²) in [7, 11) is 4.05. The number of hydrogen-bond donors (Lipinski definition) is 0. The van der Waals surface area contributed by atoms with Crippen LogP contribution in [-0.4, -0.2) is 36.0 Å². The van der Waals surface area contributed by atoms with Gasteiger partial charge in [0, 0.05) is 35.9 Å². The Morgan fingerprint density at radius 2 is 1.67 bits per heavy atom. The molecule has 0 bridgehead atoms. The van der Waals surface area contributed by atoms with Gasteiger partial charge in [-0.25, -0.2) is 9.98 Å². The Morgan fingerprint density at radius 1 is 1.00 bits per heavy atom. The van der Waals surface area contributed by atoms with E-state index in [2.05, 4.69) is 37.8 Å². The molecule has 0 atom stereocenters. The van der Waals surface area contributed by atoms with Crippen molar-refractivity contribution in [1.29, 1.82) is 0 Å². The number of nitrogens with zero attached hydrogens (tertiary/aromatic N) is 3.